The maximum absolute atomic E-state index is 12.9. The molecular formula is C12H11BrF2N2O2. The number of nitriles is 1. The molecule has 0 bridgehead atoms. The number of hydrogen-bond donors (Lipinski definition) is 0. The van der Waals surface area contributed by atoms with Crippen LogP contribution in [0, 0.1) is 11.3 Å². The molecule has 0 aliphatic heterocycles. The van der Waals surface area contributed by atoms with E-state index in [2.05, 4.69) is 20.9 Å². The Morgan fingerprint density at radius 3 is 2.79 bits per heavy atom. The van der Waals surface area contributed by atoms with Crippen molar-refractivity contribution in [2.24, 2.45) is 0 Å². The van der Waals surface area contributed by atoms with Gasteiger partial charge in [0.2, 0.25) is 0 Å². The van der Waals surface area contributed by atoms with Crippen LogP contribution >= 0.6 is 15.9 Å². The van der Waals surface area contributed by atoms with Gasteiger partial charge in [0, 0.05) is 5.33 Å². The van der Waals surface area contributed by atoms with Crippen molar-refractivity contribution in [2.75, 3.05) is 6.61 Å². The lowest BCUT2D eigenvalue weighted by Crippen LogP contribution is -2.11. The molecule has 0 fully saturated rings. The average molecular weight is 333 g/mol. The van der Waals surface area contributed by atoms with Gasteiger partial charge in [-0.3, -0.25) is 4.79 Å². The number of carbonyl (C=O) groups excluding carboxylic acids is 1. The summed E-state index contributed by atoms with van der Waals surface area (Å²) in [7, 11) is 0. The number of aromatic nitrogens is 1. The van der Waals surface area contributed by atoms with Crippen molar-refractivity contribution in [3.63, 3.8) is 0 Å². The van der Waals surface area contributed by atoms with Gasteiger partial charge >= 0.3 is 5.97 Å². The second kappa shape index (κ2) is 7.14. The number of pyridine rings is 1. The quantitative estimate of drug-likeness (QED) is 0.614. The standard InChI is InChI=1S/C12H11BrF2N2O2/c1-2-19-10(18)4-8-3-7(5-13)11(12(14)15)9(6-16)17-8/h3,12H,2,4-5H2,1H3. The second-order valence-corrected chi connectivity index (χ2v) is 4.12. The highest BCUT2D eigenvalue weighted by Crippen LogP contribution is 2.28. The molecule has 0 saturated heterocycles. The summed E-state index contributed by atoms with van der Waals surface area (Å²) in [6.07, 6.45) is -2.93. The van der Waals surface area contributed by atoms with Crippen molar-refractivity contribution in [1.29, 1.82) is 5.26 Å². The molecule has 0 aliphatic carbocycles. The molecule has 0 amide bonds. The predicted molar refractivity (Wildman–Crippen MR) is 66.9 cm³/mol. The minimum absolute atomic E-state index is 0.147. The van der Waals surface area contributed by atoms with E-state index in [1.165, 1.54) is 6.07 Å². The molecular weight excluding hydrogens is 322 g/mol. The Hall–Kier alpha value is -1.55. The smallest absolute Gasteiger partial charge is 0.311 e. The Balaban J connectivity index is 3.17. The molecule has 0 unspecified atom stereocenters. The number of alkyl halides is 3. The molecule has 0 saturated carbocycles. The molecule has 0 aliphatic rings. The van der Waals surface area contributed by atoms with Gasteiger partial charge in [-0.25, -0.2) is 13.8 Å². The van der Waals surface area contributed by atoms with Crippen molar-refractivity contribution in [3.05, 3.63) is 28.6 Å². The highest BCUT2D eigenvalue weighted by atomic mass is 79.9. The van der Waals surface area contributed by atoms with Crippen LogP contribution in [0.15, 0.2) is 6.07 Å². The lowest BCUT2D eigenvalue weighted by molar-refractivity contribution is -0.142. The first-order valence-electron chi connectivity index (χ1n) is 5.46. The molecule has 0 radical (unpaired) electrons. The van der Waals surface area contributed by atoms with Crippen molar-refractivity contribution >= 4 is 21.9 Å². The maximum atomic E-state index is 12.9. The topological polar surface area (TPSA) is 63.0 Å². The van der Waals surface area contributed by atoms with Crippen molar-refractivity contribution in [1.82, 2.24) is 4.98 Å². The van der Waals surface area contributed by atoms with Gasteiger partial charge in [-0.15, -0.1) is 0 Å². The molecule has 0 atom stereocenters. The van der Waals surface area contributed by atoms with E-state index >= 15 is 0 Å². The molecule has 0 spiro atoms. The molecule has 4 nitrogen and oxygen atoms in total. The van der Waals surface area contributed by atoms with Crippen LogP contribution in [0.4, 0.5) is 8.78 Å². The molecule has 1 heterocycles. The van der Waals surface area contributed by atoms with Gasteiger partial charge in [0.25, 0.3) is 6.43 Å². The van der Waals surface area contributed by atoms with Crippen LogP contribution in [0.2, 0.25) is 0 Å². The Kier molecular flexibility index (Phi) is 5.83. The summed E-state index contributed by atoms with van der Waals surface area (Å²) < 4.78 is 30.5. The van der Waals surface area contributed by atoms with Gasteiger partial charge in [-0.1, -0.05) is 15.9 Å². The third-order valence-electron chi connectivity index (χ3n) is 2.30. The van der Waals surface area contributed by atoms with Gasteiger partial charge in [-0.2, -0.15) is 5.26 Å². The zero-order valence-corrected chi connectivity index (χ0v) is 11.7. The van der Waals surface area contributed by atoms with E-state index in [0.29, 0.717) is 0 Å². The van der Waals surface area contributed by atoms with Crippen LogP contribution in [0.3, 0.4) is 0 Å². The fourth-order valence-corrected chi connectivity index (χ4v) is 2.02. The molecule has 0 aromatic carbocycles. The SMILES string of the molecule is CCOC(=O)Cc1cc(CBr)c(C(F)F)c(C#N)n1. The summed E-state index contributed by atoms with van der Waals surface area (Å²) in [5.74, 6) is -0.510. The maximum Gasteiger partial charge on any atom is 0.311 e. The Labute approximate surface area is 117 Å². The number of rotatable bonds is 5. The fourth-order valence-electron chi connectivity index (χ4n) is 1.56. The largest absolute Gasteiger partial charge is 0.466 e. The summed E-state index contributed by atoms with van der Waals surface area (Å²) in [6, 6.07) is 3.02. The van der Waals surface area contributed by atoms with Crippen molar-refractivity contribution in [2.45, 2.75) is 25.1 Å². The summed E-state index contributed by atoms with van der Waals surface area (Å²) in [5, 5.41) is 9.02. The molecule has 19 heavy (non-hydrogen) atoms. The number of hydrogen-bond acceptors (Lipinski definition) is 4. The number of esters is 1. The van der Waals surface area contributed by atoms with Crippen LogP contribution < -0.4 is 0 Å². The van der Waals surface area contributed by atoms with E-state index in [9.17, 15) is 13.6 Å². The molecule has 1 aromatic rings. The third kappa shape index (κ3) is 3.96. The summed E-state index contributed by atoms with van der Waals surface area (Å²) in [4.78, 5) is 15.1. The Bertz CT molecular complexity index is 515. The highest BCUT2D eigenvalue weighted by molar-refractivity contribution is 9.08. The van der Waals surface area contributed by atoms with E-state index < -0.39 is 18.0 Å². The summed E-state index contributed by atoms with van der Waals surface area (Å²) in [6.45, 7) is 1.89. The minimum Gasteiger partial charge on any atom is -0.466 e. The fraction of sp³-hybridized carbons (Fsp3) is 0.417. The van der Waals surface area contributed by atoms with Gasteiger partial charge in [0.1, 0.15) is 11.8 Å². The van der Waals surface area contributed by atoms with Gasteiger partial charge in [0.05, 0.1) is 24.3 Å². The number of halogens is 3. The van der Waals surface area contributed by atoms with Gasteiger partial charge < -0.3 is 4.74 Å². The number of nitrogens with zero attached hydrogens (tertiary/aromatic N) is 2. The first-order chi connectivity index (χ1) is 9.03. The summed E-state index contributed by atoms with van der Waals surface area (Å²) in [5.41, 5.74) is -0.257. The van der Waals surface area contributed by atoms with Crippen molar-refractivity contribution in [3.8, 4) is 6.07 Å². The zero-order valence-electron chi connectivity index (χ0n) is 10.1. The molecule has 0 N–H and O–H groups in total. The van der Waals surface area contributed by atoms with E-state index in [1.54, 1.807) is 13.0 Å². The van der Waals surface area contributed by atoms with Crippen LogP contribution in [0.25, 0.3) is 0 Å². The molecule has 7 heteroatoms. The predicted octanol–water partition coefficient (Wildman–Crippen LogP) is 2.89. The monoisotopic (exact) mass is 332 g/mol. The van der Waals surface area contributed by atoms with Crippen LogP contribution in [0.1, 0.15) is 35.9 Å². The summed E-state index contributed by atoms with van der Waals surface area (Å²) >= 11 is 3.08. The highest BCUT2D eigenvalue weighted by Gasteiger charge is 2.21. The lowest BCUT2D eigenvalue weighted by Gasteiger charge is -2.10. The zero-order chi connectivity index (χ0) is 14.4. The van der Waals surface area contributed by atoms with E-state index in [0.717, 1.165) is 0 Å². The first-order valence-corrected chi connectivity index (χ1v) is 6.58. The lowest BCUT2D eigenvalue weighted by atomic mass is 10.1. The van der Waals surface area contributed by atoms with Gasteiger partial charge in [0.15, 0.2) is 0 Å². The normalized spacial score (nSPS) is 10.3. The van der Waals surface area contributed by atoms with Crippen LogP contribution in [-0.4, -0.2) is 17.6 Å². The number of carbonyl (C=O) groups is 1. The van der Waals surface area contributed by atoms with Gasteiger partial charge in [-0.05, 0) is 18.6 Å². The number of ether oxygens (including phenoxy) is 1. The van der Waals surface area contributed by atoms with E-state index in [1.807, 2.05) is 0 Å². The average Bonchev–Trinajstić information content (AvgIpc) is 2.37. The third-order valence-corrected chi connectivity index (χ3v) is 2.90. The van der Waals surface area contributed by atoms with Crippen LogP contribution in [-0.2, 0) is 21.3 Å². The minimum atomic E-state index is -2.79. The Morgan fingerprint density at radius 1 is 1.63 bits per heavy atom. The Morgan fingerprint density at radius 2 is 2.32 bits per heavy atom. The second-order valence-electron chi connectivity index (χ2n) is 3.56. The molecule has 1 rings (SSSR count). The first kappa shape index (κ1) is 15.5. The molecule has 1 aromatic heterocycles. The van der Waals surface area contributed by atoms with Crippen molar-refractivity contribution < 1.29 is 18.3 Å². The van der Waals surface area contributed by atoms with E-state index in [4.69, 9.17) is 10.00 Å². The van der Waals surface area contributed by atoms with Crippen LogP contribution in [0.5, 0.6) is 0 Å². The molecule has 102 valence electrons. The van der Waals surface area contributed by atoms with E-state index in [-0.39, 0.29) is 35.3 Å².